The van der Waals surface area contributed by atoms with Gasteiger partial charge in [-0.2, -0.15) is 0 Å². The topological polar surface area (TPSA) is 64.3 Å². The molecule has 0 saturated heterocycles. The first-order chi connectivity index (χ1) is 8.13. The Labute approximate surface area is 102 Å². The number of rotatable bonds is 7. The van der Waals surface area contributed by atoms with Crippen LogP contribution in [0.1, 0.15) is 19.4 Å². The number of nitrogens with one attached hydrogen (secondary N) is 1. The van der Waals surface area contributed by atoms with Crippen molar-refractivity contribution in [2.45, 2.75) is 26.3 Å². The Morgan fingerprint density at radius 3 is 2.82 bits per heavy atom. The van der Waals surface area contributed by atoms with Crippen molar-refractivity contribution < 1.29 is 9.53 Å². The monoisotopic (exact) mass is 236 g/mol. The van der Waals surface area contributed by atoms with Crippen LogP contribution in [0.25, 0.3) is 0 Å². The first-order valence-electron chi connectivity index (χ1n) is 5.84. The summed E-state index contributed by atoms with van der Waals surface area (Å²) < 4.78 is 5.33. The zero-order valence-corrected chi connectivity index (χ0v) is 10.4. The van der Waals surface area contributed by atoms with Gasteiger partial charge in [-0.05, 0) is 25.5 Å². The van der Waals surface area contributed by atoms with Crippen LogP contribution in [0.2, 0.25) is 0 Å². The second-order valence-electron chi connectivity index (χ2n) is 4.01. The first kappa shape index (κ1) is 13.5. The molecule has 0 spiro atoms. The Morgan fingerprint density at radius 2 is 2.18 bits per heavy atom. The van der Waals surface area contributed by atoms with Crippen LogP contribution in [0, 0.1) is 0 Å². The predicted molar refractivity (Wildman–Crippen MR) is 68.9 cm³/mol. The summed E-state index contributed by atoms with van der Waals surface area (Å²) in [7, 11) is 0. The molecule has 1 unspecified atom stereocenters. The molecule has 0 heterocycles. The maximum atomic E-state index is 10.9. The maximum absolute atomic E-state index is 10.9. The molecule has 0 saturated carbocycles. The maximum Gasteiger partial charge on any atom is 0.221 e. The van der Waals surface area contributed by atoms with Crippen molar-refractivity contribution in [1.29, 1.82) is 0 Å². The Hall–Kier alpha value is -1.55. The molecule has 0 fully saturated rings. The second kappa shape index (κ2) is 6.91. The van der Waals surface area contributed by atoms with E-state index in [1.807, 2.05) is 38.1 Å². The van der Waals surface area contributed by atoms with Crippen LogP contribution in [-0.4, -0.2) is 25.2 Å². The number of anilines is 1. The quantitative estimate of drug-likeness (QED) is 0.755. The number of ether oxygens (including phenoxy) is 1. The van der Waals surface area contributed by atoms with Crippen molar-refractivity contribution in [3.8, 4) is 0 Å². The fourth-order valence-electron chi connectivity index (χ4n) is 1.60. The van der Waals surface area contributed by atoms with E-state index in [2.05, 4.69) is 5.32 Å². The van der Waals surface area contributed by atoms with Crippen molar-refractivity contribution in [1.82, 2.24) is 0 Å². The summed E-state index contributed by atoms with van der Waals surface area (Å²) in [4.78, 5) is 10.9. The summed E-state index contributed by atoms with van der Waals surface area (Å²) in [6.07, 6.45) is 0.254. The second-order valence-corrected chi connectivity index (χ2v) is 4.01. The lowest BCUT2D eigenvalue weighted by atomic mass is 10.1. The van der Waals surface area contributed by atoms with E-state index in [1.165, 1.54) is 0 Å². The number of carbonyl (C=O) groups excluding carboxylic acids is 1. The van der Waals surface area contributed by atoms with Crippen LogP contribution in [-0.2, 0) is 16.0 Å². The van der Waals surface area contributed by atoms with E-state index in [4.69, 9.17) is 10.5 Å². The van der Waals surface area contributed by atoms with E-state index < -0.39 is 0 Å². The lowest BCUT2D eigenvalue weighted by Gasteiger charge is -2.17. The molecule has 0 aliphatic carbocycles. The minimum atomic E-state index is -0.322. The van der Waals surface area contributed by atoms with Gasteiger partial charge < -0.3 is 15.8 Å². The van der Waals surface area contributed by atoms with Crippen molar-refractivity contribution in [3.05, 3.63) is 29.8 Å². The molecule has 1 rings (SSSR count). The number of nitrogens with two attached hydrogens (primary N) is 1. The number of benzene rings is 1. The van der Waals surface area contributed by atoms with Crippen LogP contribution in [0.5, 0.6) is 0 Å². The lowest BCUT2D eigenvalue weighted by Crippen LogP contribution is -2.23. The van der Waals surface area contributed by atoms with Gasteiger partial charge in [-0.15, -0.1) is 0 Å². The molecule has 1 amide bonds. The Bertz CT molecular complexity index is 366. The molecule has 0 radical (unpaired) electrons. The fraction of sp³-hybridized carbons (Fsp3) is 0.462. The van der Waals surface area contributed by atoms with E-state index >= 15 is 0 Å². The average Bonchev–Trinajstić information content (AvgIpc) is 2.28. The molecular formula is C13H20N2O2. The molecular weight excluding hydrogens is 216 g/mol. The van der Waals surface area contributed by atoms with Crippen LogP contribution in [0.3, 0.4) is 0 Å². The third kappa shape index (κ3) is 4.87. The SMILES string of the molecule is CCOCC(C)Nc1ccccc1CC(N)=O. The Kier molecular flexibility index (Phi) is 5.49. The smallest absolute Gasteiger partial charge is 0.221 e. The van der Waals surface area contributed by atoms with Crippen molar-refractivity contribution in [2.24, 2.45) is 5.73 Å². The van der Waals surface area contributed by atoms with Gasteiger partial charge in [0, 0.05) is 18.3 Å². The minimum Gasteiger partial charge on any atom is -0.380 e. The summed E-state index contributed by atoms with van der Waals surface area (Å²) in [5.41, 5.74) is 7.08. The normalized spacial score (nSPS) is 12.1. The van der Waals surface area contributed by atoms with E-state index in [-0.39, 0.29) is 18.4 Å². The fourth-order valence-corrected chi connectivity index (χ4v) is 1.60. The number of carbonyl (C=O) groups is 1. The van der Waals surface area contributed by atoms with Crippen LogP contribution < -0.4 is 11.1 Å². The Balaban J connectivity index is 2.65. The van der Waals surface area contributed by atoms with Gasteiger partial charge in [0.1, 0.15) is 0 Å². The standard InChI is InChI=1S/C13H20N2O2/c1-3-17-9-10(2)15-12-7-5-4-6-11(12)8-13(14)16/h4-7,10,15H,3,8-9H2,1-2H3,(H2,14,16). The van der Waals surface area contributed by atoms with Gasteiger partial charge in [-0.3, -0.25) is 4.79 Å². The molecule has 17 heavy (non-hydrogen) atoms. The molecule has 3 N–H and O–H groups in total. The van der Waals surface area contributed by atoms with E-state index in [0.29, 0.717) is 13.2 Å². The zero-order chi connectivity index (χ0) is 12.7. The molecule has 4 nitrogen and oxygen atoms in total. The predicted octanol–water partition coefficient (Wildman–Crippen LogP) is 1.55. The van der Waals surface area contributed by atoms with Gasteiger partial charge in [-0.1, -0.05) is 18.2 Å². The summed E-state index contributed by atoms with van der Waals surface area (Å²) in [6.45, 7) is 5.35. The zero-order valence-electron chi connectivity index (χ0n) is 10.4. The number of primary amides is 1. The highest BCUT2D eigenvalue weighted by atomic mass is 16.5. The highest BCUT2D eigenvalue weighted by molar-refractivity contribution is 5.78. The largest absolute Gasteiger partial charge is 0.380 e. The summed E-state index contributed by atoms with van der Waals surface area (Å²) in [5, 5.41) is 3.32. The summed E-state index contributed by atoms with van der Waals surface area (Å²) >= 11 is 0. The number of hydrogen-bond acceptors (Lipinski definition) is 3. The van der Waals surface area contributed by atoms with Crippen LogP contribution in [0.15, 0.2) is 24.3 Å². The lowest BCUT2D eigenvalue weighted by molar-refractivity contribution is -0.117. The van der Waals surface area contributed by atoms with E-state index in [9.17, 15) is 4.79 Å². The third-order valence-corrected chi connectivity index (χ3v) is 2.36. The highest BCUT2D eigenvalue weighted by Gasteiger charge is 2.07. The van der Waals surface area contributed by atoms with Crippen molar-refractivity contribution in [2.75, 3.05) is 18.5 Å². The van der Waals surface area contributed by atoms with Gasteiger partial charge in [0.05, 0.1) is 13.0 Å². The van der Waals surface area contributed by atoms with Crippen LogP contribution in [0.4, 0.5) is 5.69 Å². The third-order valence-electron chi connectivity index (χ3n) is 2.36. The number of amides is 1. The molecule has 4 heteroatoms. The highest BCUT2D eigenvalue weighted by Crippen LogP contribution is 2.16. The molecule has 0 aliphatic rings. The molecule has 1 aromatic carbocycles. The molecule has 0 aliphatic heterocycles. The minimum absolute atomic E-state index is 0.198. The van der Waals surface area contributed by atoms with E-state index in [0.717, 1.165) is 11.3 Å². The molecule has 1 aromatic rings. The van der Waals surface area contributed by atoms with Gasteiger partial charge >= 0.3 is 0 Å². The van der Waals surface area contributed by atoms with E-state index in [1.54, 1.807) is 0 Å². The molecule has 1 atom stereocenters. The van der Waals surface area contributed by atoms with Gasteiger partial charge in [0.25, 0.3) is 0 Å². The van der Waals surface area contributed by atoms with Crippen molar-refractivity contribution >= 4 is 11.6 Å². The molecule has 0 bridgehead atoms. The summed E-state index contributed by atoms with van der Waals surface area (Å²) in [5.74, 6) is -0.322. The Morgan fingerprint density at radius 1 is 1.47 bits per heavy atom. The van der Waals surface area contributed by atoms with Gasteiger partial charge in [-0.25, -0.2) is 0 Å². The summed E-state index contributed by atoms with van der Waals surface area (Å²) in [6, 6.07) is 7.88. The molecule has 94 valence electrons. The number of hydrogen-bond donors (Lipinski definition) is 2. The van der Waals surface area contributed by atoms with Gasteiger partial charge in [0.15, 0.2) is 0 Å². The average molecular weight is 236 g/mol. The number of para-hydroxylation sites is 1. The van der Waals surface area contributed by atoms with Crippen LogP contribution >= 0.6 is 0 Å². The molecule has 0 aromatic heterocycles. The first-order valence-corrected chi connectivity index (χ1v) is 5.84. The van der Waals surface area contributed by atoms with Gasteiger partial charge in [0.2, 0.25) is 5.91 Å². The van der Waals surface area contributed by atoms with Crippen molar-refractivity contribution in [3.63, 3.8) is 0 Å².